The number of hydrogen-bond donors (Lipinski definition) is 2. The number of hydrogen-bond acceptors (Lipinski definition) is 4. The van der Waals surface area contributed by atoms with Gasteiger partial charge in [-0.25, -0.2) is 15.0 Å². The monoisotopic (exact) mass is 254 g/mol. The molecule has 0 amide bonds. The molecule has 0 spiro atoms. The first-order valence-corrected chi connectivity index (χ1v) is 6.01. The van der Waals surface area contributed by atoms with Crippen molar-refractivity contribution in [2.45, 2.75) is 13.5 Å². The van der Waals surface area contributed by atoms with Crippen LogP contribution in [0.1, 0.15) is 11.6 Å². The number of nitrogens with zero attached hydrogens (tertiary/aromatic N) is 4. The fourth-order valence-corrected chi connectivity index (χ4v) is 1.83. The maximum Gasteiger partial charge on any atom is 0.138 e. The van der Waals surface area contributed by atoms with Crippen molar-refractivity contribution in [3.05, 3.63) is 54.8 Å². The van der Waals surface area contributed by atoms with Gasteiger partial charge >= 0.3 is 0 Å². The van der Waals surface area contributed by atoms with Crippen LogP contribution >= 0.6 is 0 Å². The Morgan fingerprint density at radius 2 is 2.16 bits per heavy atom. The number of H-pyrrole nitrogens is 1. The molecule has 3 heterocycles. The fourth-order valence-electron chi connectivity index (χ4n) is 1.83. The third kappa shape index (κ3) is 2.47. The second-order valence-corrected chi connectivity index (χ2v) is 4.14. The molecule has 0 aromatic carbocycles. The molecule has 0 aliphatic carbocycles. The van der Waals surface area contributed by atoms with Crippen molar-refractivity contribution in [2.75, 3.05) is 5.32 Å². The van der Waals surface area contributed by atoms with Crippen LogP contribution in [0.5, 0.6) is 0 Å². The Labute approximate surface area is 110 Å². The Hall–Kier alpha value is -2.63. The van der Waals surface area contributed by atoms with E-state index in [1.165, 1.54) is 0 Å². The molecule has 0 unspecified atom stereocenters. The number of aryl methyl sites for hydroxylation is 1. The van der Waals surface area contributed by atoms with Crippen LogP contribution in [-0.4, -0.2) is 24.5 Å². The lowest BCUT2D eigenvalue weighted by molar-refractivity contribution is 0.930. The van der Waals surface area contributed by atoms with Crippen molar-refractivity contribution in [3.8, 4) is 5.82 Å². The van der Waals surface area contributed by atoms with Gasteiger partial charge in [-0.3, -0.25) is 4.57 Å². The lowest BCUT2D eigenvalue weighted by Gasteiger charge is -2.07. The molecule has 6 nitrogen and oxygen atoms in total. The van der Waals surface area contributed by atoms with Gasteiger partial charge < -0.3 is 10.3 Å². The van der Waals surface area contributed by atoms with E-state index in [1.807, 2.05) is 29.8 Å². The van der Waals surface area contributed by atoms with E-state index in [-0.39, 0.29) is 0 Å². The second-order valence-electron chi connectivity index (χ2n) is 4.14. The normalized spacial score (nSPS) is 10.6. The number of imidazole rings is 2. The van der Waals surface area contributed by atoms with E-state index in [0.717, 1.165) is 23.2 Å². The summed E-state index contributed by atoms with van der Waals surface area (Å²) < 4.78 is 1.94. The summed E-state index contributed by atoms with van der Waals surface area (Å²) in [4.78, 5) is 15.8. The third-order valence-corrected chi connectivity index (χ3v) is 2.84. The number of rotatable bonds is 4. The highest BCUT2D eigenvalue weighted by atomic mass is 15.1. The van der Waals surface area contributed by atoms with E-state index in [4.69, 9.17) is 0 Å². The van der Waals surface area contributed by atoms with Crippen molar-refractivity contribution in [2.24, 2.45) is 0 Å². The Balaban J connectivity index is 1.71. The molecule has 0 bridgehead atoms. The van der Waals surface area contributed by atoms with Gasteiger partial charge in [0.2, 0.25) is 0 Å². The standard InChI is InChI=1S/C13H14N6/c1-10-14-6-7-19(10)13-3-2-11(8-18-13)17-9-12-15-4-5-16-12/h2-8,17H,9H2,1H3,(H,15,16). The summed E-state index contributed by atoms with van der Waals surface area (Å²) in [6.45, 7) is 2.60. The van der Waals surface area contributed by atoms with Crippen molar-refractivity contribution in [3.63, 3.8) is 0 Å². The van der Waals surface area contributed by atoms with E-state index in [2.05, 4.69) is 25.3 Å². The largest absolute Gasteiger partial charge is 0.377 e. The first-order chi connectivity index (χ1) is 9.33. The molecule has 0 aliphatic rings. The molecular weight excluding hydrogens is 240 g/mol. The van der Waals surface area contributed by atoms with Gasteiger partial charge in [0.15, 0.2) is 0 Å². The topological polar surface area (TPSA) is 71.4 Å². The van der Waals surface area contributed by atoms with E-state index in [0.29, 0.717) is 6.54 Å². The van der Waals surface area contributed by atoms with Gasteiger partial charge in [-0.05, 0) is 19.1 Å². The average molecular weight is 254 g/mol. The predicted octanol–water partition coefficient (Wildman–Crippen LogP) is 1.91. The summed E-state index contributed by atoms with van der Waals surface area (Å²) in [6.07, 6.45) is 9.01. The average Bonchev–Trinajstić information content (AvgIpc) is 3.08. The molecule has 0 fully saturated rings. The predicted molar refractivity (Wildman–Crippen MR) is 72.0 cm³/mol. The summed E-state index contributed by atoms with van der Waals surface area (Å²) in [5, 5.41) is 3.25. The Morgan fingerprint density at radius 3 is 2.79 bits per heavy atom. The van der Waals surface area contributed by atoms with E-state index < -0.39 is 0 Å². The molecule has 3 aromatic rings. The lowest BCUT2D eigenvalue weighted by Crippen LogP contribution is -2.03. The minimum Gasteiger partial charge on any atom is -0.377 e. The van der Waals surface area contributed by atoms with Gasteiger partial charge in [0.1, 0.15) is 17.5 Å². The molecule has 19 heavy (non-hydrogen) atoms. The fraction of sp³-hybridized carbons (Fsp3) is 0.154. The van der Waals surface area contributed by atoms with Crippen LogP contribution in [0.2, 0.25) is 0 Å². The van der Waals surface area contributed by atoms with Crippen molar-refractivity contribution < 1.29 is 0 Å². The molecule has 0 atom stereocenters. The van der Waals surface area contributed by atoms with Crippen molar-refractivity contribution >= 4 is 5.69 Å². The number of aromatic nitrogens is 5. The van der Waals surface area contributed by atoms with E-state index >= 15 is 0 Å². The quantitative estimate of drug-likeness (QED) is 0.746. The van der Waals surface area contributed by atoms with Crippen LogP contribution in [0.25, 0.3) is 5.82 Å². The highest BCUT2D eigenvalue weighted by molar-refractivity contribution is 5.43. The van der Waals surface area contributed by atoms with Crippen LogP contribution in [0.15, 0.2) is 43.1 Å². The Bertz CT molecular complexity index is 638. The SMILES string of the molecule is Cc1nccn1-c1ccc(NCc2ncc[nH]2)cn1. The van der Waals surface area contributed by atoms with Crippen LogP contribution in [0.4, 0.5) is 5.69 Å². The maximum absolute atomic E-state index is 4.41. The Kier molecular flexibility index (Phi) is 2.97. The van der Waals surface area contributed by atoms with Crippen LogP contribution in [-0.2, 0) is 6.54 Å². The summed E-state index contributed by atoms with van der Waals surface area (Å²) in [5.74, 6) is 2.68. The van der Waals surface area contributed by atoms with Gasteiger partial charge in [-0.15, -0.1) is 0 Å². The minimum atomic E-state index is 0.651. The maximum atomic E-state index is 4.41. The second kappa shape index (κ2) is 4.93. The number of anilines is 1. The minimum absolute atomic E-state index is 0.651. The smallest absolute Gasteiger partial charge is 0.138 e. The highest BCUT2D eigenvalue weighted by Crippen LogP contribution is 2.11. The van der Waals surface area contributed by atoms with Crippen LogP contribution in [0.3, 0.4) is 0 Å². The zero-order valence-corrected chi connectivity index (χ0v) is 10.5. The van der Waals surface area contributed by atoms with E-state index in [9.17, 15) is 0 Å². The van der Waals surface area contributed by atoms with Crippen molar-refractivity contribution in [1.82, 2.24) is 24.5 Å². The molecular formula is C13H14N6. The zero-order valence-electron chi connectivity index (χ0n) is 10.5. The summed E-state index contributed by atoms with van der Waals surface area (Å²) in [5.41, 5.74) is 0.956. The number of aromatic amines is 1. The molecule has 0 aliphatic heterocycles. The molecule has 2 N–H and O–H groups in total. The zero-order chi connectivity index (χ0) is 13.1. The summed E-state index contributed by atoms with van der Waals surface area (Å²) >= 11 is 0. The molecule has 0 saturated heterocycles. The van der Waals surface area contributed by atoms with Crippen LogP contribution in [0, 0.1) is 6.92 Å². The van der Waals surface area contributed by atoms with Gasteiger partial charge in [0, 0.05) is 24.8 Å². The van der Waals surface area contributed by atoms with E-state index in [1.54, 1.807) is 24.8 Å². The van der Waals surface area contributed by atoms with Gasteiger partial charge in [0.25, 0.3) is 0 Å². The highest BCUT2D eigenvalue weighted by Gasteiger charge is 2.02. The first-order valence-electron chi connectivity index (χ1n) is 6.01. The third-order valence-electron chi connectivity index (χ3n) is 2.84. The summed E-state index contributed by atoms with van der Waals surface area (Å²) in [7, 11) is 0. The lowest BCUT2D eigenvalue weighted by atomic mass is 10.4. The Morgan fingerprint density at radius 1 is 1.21 bits per heavy atom. The van der Waals surface area contributed by atoms with Gasteiger partial charge in [0.05, 0.1) is 18.4 Å². The molecule has 3 rings (SSSR count). The van der Waals surface area contributed by atoms with Crippen LogP contribution < -0.4 is 5.32 Å². The van der Waals surface area contributed by atoms with Gasteiger partial charge in [-0.2, -0.15) is 0 Å². The molecule has 0 saturated carbocycles. The number of pyridine rings is 1. The molecule has 96 valence electrons. The molecule has 3 aromatic heterocycles. The molecule has 0 radical (unpaired) electrons. The molecule has 6 heteroatoms. The van der Waals surface area contributed by atoms with Gasteiger partial charge in [-0.1, -0.05) is 0 Å². The van der Waals surface area contributed by atoms with Crippen molar-refractivity contribution in [1.29, 1.82) is 0 Å². The number of nitrogens with one attached hydrogen (secondary N) is 2. The first kappa shape index (κ1) is 11.5. The summed E-state index contributed by atoms with van der Waals surface area (Å²) in [6, 6.07) is 3.95.